The first-order valence-electron chi connectivity index (χ1n) is 7.15. The van der Waals surface area contributed by atoms with E-state index in [-0.39, 0.29) is 17.5 Å². The van der Waals surface area contributed by atoms with Crippen LogP contribution in [0.4, 0.5) is 10.7 Å². The fourth-order valence-electron chi connectivity index (χ4n) is 3.06. The van der Waals surface area contributed by atoms with E-state index in [0.717, 1.165) is 38.5 Å². The van der Waals surface area contributed by atoms with Crippen LogP contribution >= 0.6 is 0 Å². The molecule has 6 heteroatoms. The molecule has 0 aliphatic carbocycles. The van der Waals surface area contributed by atoms with E-state index in [1.807, 2.05) is 24.8 Å². The van der Waals surface area contributed by atoms with Gasteiger partial charge < -0.3 is 15.1 Å². The normalized spacial score (nSPS) is 20.4. The molecule has 1 spiro atoms. The van der Waals surface area contributed by atoms with Crippen molar-refractivity contribution in [2.45, 2.75) is 26.3 Å². The Morgan fingerprint density at radius 2 is 2.00 bits per heavy atom. The van der Waals surface area contributed by atoms with Gasteiger partial charge in [-0.2, -0.15) is 0 Å². The first-order chi connectivity index (χ1) is 9.58. The molecule has 3 heterocycles. The van der Waals surface area contributed by atoms with E-state index >= 15 is 0 Å². The predicted molar refractivity (Wildman–Crippen MR) is 76.5 cm³/mol. The third-order valence-corrected chi connectivity index (χ3v) is 4.03. The van der Waals surface area contributed by atoms with Crippen LogP contribution in [0.1, 0.15) is 20.3 Å². The van der Waals surface area contributed by atoms with E-state index in [0.29, 0.717) is 0 Å². The van der Waals surface area contributed by atoms with Gasteiger partial charge in [0.05, 0.1) is 0 Å². The fourth-order valence-corrected chi connectivity index (χ4v) is 3.06. The van der Waals surface area contributed by atoms with Crippen LogP contribution in [0.5, 0.6) is 0 Å². The molecule has 1 aromatic rings. The molecule has 2 aliphatic rings. The van der Waals surface area contributed by atoms with Crippen molar-refractivity contribution in [3.05, 3.63) is 18.5 Å². The van der Waals surface area contributed by atoms with Crippen molar-refractivity contribution in [2.24, 2.45) is 5.41 Å². The van der Waals surface area contributed by atoms with E-state index in [2.05, 4.69) is 20.2 Å². The van der Waals surface area contributed by atoms with Gasteiger partial charge in [0, 0.05) is 50.0 Å². The molecule has 0 atom stereocenters. The third-order valence-electron chi connectivity index (χ3n) is 4.03. The molecule has 2 fully saturated rings. The number of hydrogen-bond donors (Lipinski definition) is 1. The Hall–Kier alpha value is -1.85. The Bertz CT molecular complexity index is 484. The highest BCUT2D eigenvalue weighted by Gasteiger charge is 2.49. The molecule has 2 saturated heterocycles. The minimum atomic E-state index is 0.0556. The smallest absolute Gasteiger partial charge is 0.317 e. The van der Waals surface area contributed by atoms with Gasteiger partial charge in [-0.15, -0.1) is 0 Å². The van der Waals surface area contributed by atoms with Crippen LogP contribution in [0.15, 0.2) is 18.5 Å². The summed E-state index contributed by atoms with van der Waals surface area (Å²) in [5, 5.41) is 2.94. The van der Waals surface area contributed by atoms with E-state index < -0.39 is 0 Å². The Kier molecular flexibility index (Phi) is 3.23. The highest BCUT2D eigenvalue weighted by Crippen LogP contribution is 2.40. The van der Waals surface area contributed by atoms with Gasteiger partial charge >= 0.3 is 6.03 Å². The van der Waals surface area contributed by atoms with Crippen LogP contribution in [0.2, 0.25) is 0 Å². The van der Waals surface area contributed by atoms with E-state index in [9.17, 15) is 4.79 Å². The Morgan fingerprint density at radius 3 is 2.65 bits per heavy atom. The molecule has 2 aliphatic heterocycles. The number of anilines is 1. The van der Waals surface area contributed by atoms with Gasteiger partial charge in [-0.3, -0.25) is 0 Å². The Morgan fingerprint density at radius 1 is 1.30 bits per heavy atom. The highest BCUT2D eigenvalue weighted by molar-refractivity contribution is 5.75. The number of aromatic nitrogens is 2. The summed E-state index contributed by atoms with van der Waals surface area (Å²) >= 11 is 0. The molecule has 0 radical (unpaired) electrons. The minimum absolute atomic E-state index is 0.0556. The van der Waals surface area contributed by atoms with Gasteiger partial charge in [0.1, 0.15) is 0 Å². The SMILES string of the molecule is CC(C)NC(=O)N1CC2(CCN(c3ncccn3)C2)C1. The maximum Gasteiger partial charge on any atom is 0.317 e. The molecule has 20 heavy (non-hydrogen) atoms. The summed E-state index contributed by atoms with van der Waals surface area (Å²) in [5.74, 6) is 0.800. The van der Waals surface area contributed by atoms with Crippen LogP contribution < -0.4 is 10.2 Å². The second-order valence-electron chi connectivity index (χ2n) is 6.18. The number of nitrogens with zero attached hydrogens (tertiary/aromatic N) is 4. The summed E-state index contributed by atoms with van der Waals surface area (Å²) in [6.45, 7) is 7.57. The maximum absolute atomic E-state index is 11.9. The summed E-state index contributed by atoms with van der Waals surface area (Å²) in [6.07, 6.45) is 4.66. The summed E-state index contributed by atoms with van der Waals surface area (Å²) < 4.78 is 0. The zero-order valence-corrected chi connectivity index (χ0v) is 12.0. The first-order valence-corrected chi connectivity index (χ1v) is 7.15. The molecule has 108 valence electrons. The summed E-state index contributed by atoms with van der Waals surface area (Å²) in [4.78, 5) is 24.6. The molecule has 0 saturated carbocycles. The molecule has 1 aromatic heterocycles. The fraction of sp³-hybridized carbons (Fsp3) is 0.643. The second kappa shape index (κ2) is 4.92. The van der Waals surface area contributed by atoms with Crippen molar-refractivity contribution in [2.75, 3.05) is 31.1 Å². The van der Waals surface area contributed by atoms with Gasteiger partial charge in [0.2, 0.25) is 5.95 Å². The maximum atomic E-state index is 11.9. The number of nitrogens with one attached hydrogen (secondary N) is 1. The molecule has 3 rings (SSSR count). The van der Waals surface area contributed by atoms with Gasteiger partial charge in [-0.1, -0.05) is 0 Å². The highest BCUT2D eigenvalue weighted by atomic mass is 16.2. The Labute approximate surface area is 119 Å². The molecule has 1 N–H and O–H groups in total. The van der Waals surface area contributed by atoms with Crippen LogP contribution in [0.3, 0.4) is 0 Å². The lowest BCUT2D eigenvalue weighted by Crippen LogP contribution is -2.62. The summed E-state index contributed by atoms with van der Waals surface area (Å²) in [6, 6.07) is 2.08. The average Bonchev–Trinajstić information content (AvgIpc) is 2.82. The number of urea groups is 1. The second-order valence-corrected chi connectivity index (χ2v) is 6.18. The van der Waals surface area contributed by atoms with Crippen LogP contribution in [0.25, 0.3) is 0 Å². The molecular formula is C14H21N5O. The first kappa shape index (κ1) is 13.1. The zero-order chi connectivity index (χ0) is 14.2. The van der Waals surface area contributed by atoms with Crippen LogP contribution in [-0.2, 0) is 0 Å². The number of carbonyl (C=O) groups excluding carboxylic acids is 1. The van der Waals surface area contributed by atoms with Crippen molar-refractivity contribution in [3.63, 3.8) is 0 Å². The number of rotatable bonds is 2. The Balaban J connectivity index is 1.56. The number of carbonyl (C=O) groups is 1. The number of hydrogen-bond acceptors (Lipinski definition) is 4. The lowest BCUT2D eigenvalue weighted by molar-refractivity contribution is 0.0483. The van der Waals surface area contributed by atoms with Gasteiger partial charge in [-0.05, 0) is 26.3 Å². The molecule has 0 bridgehead atoms. The lowest BCUT2D eigenvalue weighted by Gasteiger charge is -2.47. The topological polar surface area (TPSA) is 61.4 Å². The average molecular weight is 275 g/mol. The predicted octanol–water partition coefficient (Wildman–Crippen LogP) is 1.11. The number of likely N-dealkylation sites (tertiary alicyclic amines) is 1. The summed E-state index contributed by atoms with van der Waals surface area (Å²) in [7, 11) is 0. The lowest BCUT2D eigenvalue weighted by atomic mass is 9.79. The van der Waals surface area contributed by atoms with E-state index in [1.165, 1.54) is 0 Å². The zero-order valence-electron chi connectivity index (χ0n) is 12.0. The molecular weight excluding hydrogens is 254 g/mol. The molecule has 2 amide bonds. The van der Waals surface area contributed by atoms with Crippen molar-refractivity contribution in [3.8, 4) is 0 Å². The largest absolute Gasteiger partial charge is 0.340 e. The molecule has 0 aromatic carbocycles. The third kappa shape index (κ3) is 2.42. The van der Waals surface area contributed by atoms with Crippen molar-refractivity contribution >= 4 is 12.0 Å². The minimum Gasteiger partial charge on any atom is -0.340 e. The van der Waals surface area contributed by atoms with Gasteiger partial charge in [-0.25, -0.2) is 14.8 Å². The quantitative estimate of drug-likeness (QED) is 0.878. The van der Waals surface area contributed by atoms with Crippen molar-refractivity contribution < 1.29 is 4.79 Å². The number of amides is 2. The van der Waals surface area contributed by atoms with Crippen LogP contribution in [0, 0.1) is 5.41 Å². The van der Waals surface area contributed by atoms with E-state index in [1.54, 1.807) is 12.4 Å². The molecule has 6 nitrogen and oxygen atoms in total. The van der Waals surface area contributed by atoms with E-state index in [4.69, 9.17) is 0 Å². The van der Waals surface area contributed by atoms with Gasteiger partial charge in [0.25, 0.3) is 0 Å². The van der Waals surface area contributed by atoms with Crippen molar-refractivity contribution in [1.82, 2.24) is 20.2 Å². The summed E-state index contributed by atoms with van der Waals surface area (Å²) in [5.41, 5.74) is 0.244. The standard InChI is InChI=1S/C14H21N5O/c1-11(2)17-13(20)19-9-14(10-19)4-7-18(8-14)12-15-5-3-6-16-12/h3,5-6,11H,4,7-10H2,1-2H3,(H,17,20). The monoisotopic (exact) mass is 275 g/mol. The van der Waals surface area contributed by atoms with Gasteiger partial charge in [0.15, 0.2) is 0 Å². The molecule has 0 unspecified atom stereocenters. The van der Waals surface area contributed by atoms with Crippen LogP contribution in [-0.4, -0.2) is 53.1 Å². The van der Waals surface area contributed by atoms with Crippen molar-refractivity contribution in [1.29, 1.82) is 0 Å².